The molecule has 2 aromatic rings. The molecule has 2 rings (SSSR count). The Morgan fingerprint density at radius 2 is 1.20 bits per heavy atom. The molecular formula is C35H57N3O6. The molecule has 0 saturated carbocycles. The summed E-state index contributed by atoms with van der Waals surface area (Å²) in [6.45, 7) is 5.70. The number of carboxylic acids is 1. The lowest BCUT2D eigenvalue weighted by atomic mass is 10.0. The van der Waals surface area contributed by atoms with Crippen molar-refractivity contribution in [1.29, 1.82) is 0 Å². The van der Waals surface area contributed by atoms with Crippen LogP contribution in [0.1, 0.15) is 120 Å². The molecule has 0 amide bonds. The Morgan fingerprint density at radius 3 is 1.75 bits per heavy atom. The van der Waals surface area contributed by atoms with Crippen molar-refractivity contribution in [3.05, 3.63) is 48.5 Å². The van der Waals surface area contributed by atoms with Gasteiger partial charge in [-0.2, -0.15) is 0 Å². The van der Waals surface area contributed by atoms with Crippen molar-refractivity contribution in [2.75, 3.05) is 39.6 Å². The first kappa shape index (κ1) is 37.6. The molecule has 0 bridgehead atoms. The number of unbranched alkanes of at least 4 members (excludes halogenated alkanes) is 15. The van der Waals surface area contributed by atoms with E-state index in [9.17, 15) is 9.90 Å². The SMILES string of the molecule is CCCCCCCCCCCCCCCCCCOCC(COCCOCC[n+]1ccc(C(=O)[O-])cc1)Oc1ncccn1. The fraction of sp³-hybridized carbons (Fsp3) is 0.714. The van der Waals surface area contributed by atoms with E-state index in [1.54, 1.807) is 30.9 Å². The number of carbonyl (C=O) groups excluding carboxylic acids is 1. The minimum absolute atomic E-state index is 0.155. The largest absolute Gasteiger partial charge is 0.545 e. The van der Waals surface area contributed by atoms with Crippen molar-refractivity contribution in [1.82, 2.24) is 9.97 Å². The van der Waals surface area contributed by atoms with Crippen molar-refractivity contribution >= 4 is 5.97 Å². The van der Waals surface area contributed by atoms with E-state index in [1.165, 1.54) is 108 Å². The third-order valence-corrected chi connectivity index (χ3v) is 7.56. The molecule has 0 radical (unpaired) electrons. The number of carboxylic acid groups (broad SMARTS) is 1. The first-order valence-corrected chi connectivity index (χ1v) is 17.1. The van der Waals surface area contributed by atoms with Gasteiger partial charge in [-0.3, -0.25) is 0 Å². The quantitative estimate of drug-likeness (QED) is 0.0792. The Balaban J connectivity index is 1.45. The Bertz CT molecular complexity index is 932. The van der Waals surface area contributed by atoms with Gasteiger partial charge >= 0.3 is 6.01 Å². The Hall–Kier alpha value is -2.62. The highest BCUT2D eigenvalue weighted by Gasteiger charge is 2.13. The maximum Gasteiger partial charge on any atom is 0.316 e. The van der Waals surface area contributed by atoms with Crippen LogP contribution < -0.4 is 14.4 Å². The van der Waals surface area contributed by atoms with E-state index in [0.717, 1.165) is 6.42 Å². The molecule has 0 spiro atoms. The lowest BCUT2D eigenvalue weighted by Gasteiger charge is -2.18. The Kier molecular flexibility index (Phi) is 22.8. The monoisotopic (exact) mass is 615 g/mol. The standard InChI is InChI=1S/C35H57N3O6/c1-2-3-4-5-6-7-8-9-10-11-12-13-14-15-16-17-26-42-30-33(44-35-36-21-18-22-37-35)31-43-29-28-41-27-25-38-23-19-32(20-24-38)34(39)40/h18-24,33H,2-17,25-31H2,1H3. The highest BCUT2D eigenvalue weighted by molar-refractivity contribution is 5.85. The first-order valence-electron chi connectivity index (χ1n) is 17.1. The zero-order valence-electron chi connectivity index (χ0n) is 27.2. The van der Waals surface area contributed by atoms with Gasteiger partial charge in [-0.05, 0) is 12.5 Å². The maximum absolute atomic E-state index is 10.8. The summed E-state index contributed by atoms with van der Waals surface area (Å²) in [5.41, 5.74) is 0.155. The minimum atomic E-state index is -1.18. The second-order valence-electron chi connectivity index (χ2n) is 11.4. The fourth-order valence-electron chi connectivity index (χ4n) is 4.93. The summed E-state index contributed by atoms with van der Waals surface area (Å²) in [5, 5.41) is 10.8. The number of pyridine rings is 1. The second kappa shape index (κ2) is 26.8. The number of hydrogen-bond acceptors (Lipinski definition) is 8. The van der Waals surface area contributed by atoms with Crippen LogP contribution in [-0.2, 0) is 20.8 Å². The number of nitrogens with zero attached hydrogens (tertiary/aromatic N) is 3. The van der Waals surface area contributed by atoms with Crippen LogP contribution in [0.5, 0.6) is 6.01 Å². The Labute approximate surface area is 265 Å². The lowest BCUT2D eigenvalue weighted by molar-refractivity contribution is -0.698. The number of hydrogen-bond donors (Lipinski definition) is 0. The van der Waals surface area contributed by atoms with Gasteiger partial charge in [0.25, 0.3) is 0 Å². The summed E-state index contributed by atoms with van der Waals surface area (Å²) in [6.07, 6.45) is 28.0. The highest BCUT2D eigenvalue weighted by Crippen LogP contribution is 2.14. The molecule has 0 aliphatic heterocycles. The molecule has 0 aliphatic rings. The molecule has 44 heavy (non-hydrogen) atoms. The third-order valence-electron chi connectivity index (χ3n) is 7.56. The molecule has 2 aromatic heterocycles. The molecule has 0 aromatic carbocycles. The smallest absolute Gasteiger partial charge is 0.316 e. The Morgan fingerprint density at radius 1 is 0.705 bits per heavy atom. The number of ether oxygens (including phenoxy) is 4. The van der Waals surface area contributed by atoms with Crippen molar-refractivity contribution < 1.29 is 33.4 Å². The average molecular weight is 616 g/mol. The first-order chi connectivity index (χ1) is 21.7. The predicted octanol–water partition coefficient (Wildman–Crippen LogP) is 5.89. The van der Waals surface area contributed by atoms with E-state index in [0.29, 0.717) is 52.2 Å². The van der Waals surface area contributed by atoms with Crippen molar-refractivity contribution in [2.45, 2.75) is 122 Å². The van der Waals surface area contributed by atoms with Crippen LogP contribution in [0.2, 0.25) is 0 Å². The van der Waals surface area contributed by atoms with E-state index >= 15 is 0 Å². The molecule has 2 heterocycles. The van der Waals surface area contributed by atoms with Crippen LogP contribution in [0, 0.1) is 0 Å². The van der Waals surface area contributed by atoms with Crippen molar-refractivity contribution in [3.8, 4) is 6.01 Å². The molecular weight excluding hydrogens is 558 g/mol. The molecule has 1 unspecified atom stereocenters. The third kappa shape index (κ3) is 20.4. The molecule has 0 N–H and O–H groups in total. The van der Waals surface area contributed by atoms with Gasteiger partial charge in [-0.25, -0.2) is 14.5 Å². The summed E-state index contributed by atoms with van der Waals surface area (Å²) < 4.78 is 25.1. The van der Waals surface area contributed by atoms with Gasteiger partial charge in [0.2, 0.25) is 0 Å². The number of rotatable bonds is 30. The molecule has 0 saturated heterocycles. The molecule has 0 aliphatic carbocycles. The van der Waals surface area contributed by atoms with Gasteiger partial charge in [0.15, 0.2) is 18.9 Å². The van der Waals surface area contributed by atoms with Gasteiger partial charge in [0.1, 0.15) is 12.7 Å². The fourth-order valence-corrected chi connectivity index (χ4v) is 4.93. The van der Waals surface area contributed by atoms with Gasteiger partial charge in [0, 0.05) is 36.7 Å². The van der Waals surface area contributed by atoms with Crippen molar-refractivity contribution in [3.63, 3.8) is 0 Å². The molecule has 9 heteroatoms. The summed E-state index contributed by atoms with van der Waals surface area (Å²) >= 11 is 0. The summed E-state index contributed by atoms with van der Waals surface area (Å²) in [6, 6.07) is 5.08. The van der Waals surface area contributed by atoms with E-state index in [4.69, 9.17) is 18.9 Å². The zero-order chi connectivity index (χ0) is 31.3. The normalized spacial score (nSPS) is 11.9. The van der Waals surface area contributed by atoms with Crippen LogP contribution in [0.25, 0.3) is 0 Å². The number of aromatic carboxylic acids is 1. The van der Waals surface area contributed by atoms with Crippen LogP contribution in [-0.4, -0.2) is 61.7 Å². The van der Waals surface area contributed by atoms with Crippen LogP contribution in [0.3, 0.4) is 0 Å². The van der Waals surface area contributed by atoms with E-state index in [2.05, 4.69) is 16.9 Å². The average Bonchev–Trinajstić information content (AvgIpc) is 3.04. The maximum atomic E-state index is 10.8. The molecule has 248 valence electrons. The van der Waals surface area contributed by atoms with Crippen LogP contribution in [0.4, 0.5) is 0 Å². The van der Waals surface area contributed by atoms with Gasteiger partial charge in [0.05, 0.1) is 32.4 Å². The topological polar surface area (TPSA) is 107 Å². The molecule has 0 fully saturated rings. The van der Waals surface area contributed by atoms with Gasteiger partial charge in [-0.1, -0.05) is 103 Å². The minimum Gasteiger partial charge on any atom is -0.545 e. The zero-order valence-corrected chi connectivity index (χ0v) is 27.2. The van der Waals surface area contributed by atoms with Gasteiger partial charge in [-0.15, -0.1) is 0 Å². The number of aromatic nitrogens is 3. The van der Waals surface area contributed by atoms with Crippen LogP contribution >= 0.6 is 0 Å². The van der Waals surface area contributed by atoms with E-state index in [1.807, 2.05) is 4.57 Å². The number of carbonyl (C=O) groups is 1. The van der Waals surface area contributed by atoms with Crippen LogP contribution in [0.15, 0.2) is 43.0 Å². The van der Waals surface area contributed by atoms with Gasteiger partial charge < -0.3 is 28.8 Å². The van der Waals surface area contributed by atoms with E-state index < -0.39 is 5.97 Å². The summed E-state index contributed by atoms with van der Waals surface area (Å²) in [4.78, 5) is 19.1. The van der Waals surface area contributed by atoms with E-state index in [-0.39, 0.29) is 11.7 Å². The highest BCUT2D eigenvalue weighted by atomic mass is 16.6. The molecule has 1 atom stereocenters. The lowest BCUT2D eigenvalue weighted by Crippen LogP contribution is -2.36. The summed E-state index contributed by atoms with van der Waals surface area (Å²) in [7, 11) is 0. The molecule has 9 nitrogen and oxygen atoms in total. The van der Waals surface area contributed by atoms with Crippen molar-refractivity contribution in [2.24, 2.45) is 0 Å². The predicted molar refractivity (Wildman–Crippen MR) is 169 cm³/mol. The summed E-state index contributed by atoms with van der Waals surface area (Å²) in [5.74, 6) is -1.18. The second-order valence-corrected chi connectivity index (χ2v) is 11.4.